The van der Waals surface area contributed by atoms with Gasteiger partial charge in [-0.2, -0.15) is 5.10 Å². The molecule has 1 amide bonds. The zero-order valence-electron chi connectivity index (χ0n) is 18.4. The first-order chi connectivity index (χ1) is 15.3. The van der Waals surface area contributed by atoms with E-state index in [-0.39, 0.29) is 29.5 Å². The summed E-state index contributed by atoms with van der Waals surface area (Å²) in [7, 11) is -3.07. The molecule has 3 aromatic heterocycles. The van der Waals surface area contributed by atoms with Crippen molar-refractivity contribution in [2.75, 3.05) is 11.5 Å². The Kier molecular flexibility index (Phi) is 5.57. The number of nitrogens with zero attached hydrogens (tertiary/aromatic N) is 3. The summed E-state index contributed by atoms with van der Waals surface area (Å²) in [4.78, 5) is 19.4. The molecule has 5 rings (SSSR count). The number of carbonyl (C=O) groups excluding carboxylic acids is 1. The molecule has 1 N–H and O–H groups in total. The molecule has 2 aliphatic rings. The van der Waals surface area contributed by atoms with Crippen molar-refractivity contribution < 1.29 is 13.2 Å². The second kappa shape index (κ2) is 8.26. The van der Waals surface area contributed by atoms with Crippen molar-refractivity contribution in [3.05, 3.63) is 34.8 Å². The Labute approximate surface area is 192 Å². The maximum atomic E-state index is 13.5. The van der Waals surface area contributed by atoms with Gasteiger partial charge in [-0.3, -0.25) is 4.79 Å². The van der Waals surface area contributed by atoms with E-state index in [0.717, 1.165) is 35.2 Å². The largest absolute Gasteiger partial charge is 0.349 e. The van der Waals surface area contributed by atoms with Gasteiger partial charge in [0, 0.05) is 6.04 Å². The molecule has 3 atom stereocenters. The Morgan fingerprint density at radius 3 is 2.75 bits per heavy atom. The van der Waals surface area contributed by atoms with Gasteiger partial charge >= 0.3 is 0 Å². The molecule has 4 heterocycles. The third-order valence-electron chi connectivity index (χ3n) is 6.84. The molecule has 0 bridgehead atoms. The van der Waals surface area contributed by atoms with Crippen LogP contribution in [0.4, 0.5) is 0 Å². The van der Waals surface area contributed by atoms with Gasteiger partial charge in [0.15, 0.2) is 15.5 Å². The number of amides is 1. The predicted octanol–water partition coefficient (Wildman–Crippen LogP) is 4.14. The maximum Gasteiger partial charge on any atom is 0.252 e. The van der Waals surface area contributed by atoms with Crippen LogP contribution in [0, 0.1) is 12.8 Å². The lowest BCUT2D eigenvalue weighted by atomic mass is 9.86. The number of carbonyl (C=O) groups is 1. The van der Waals surface area contributed by atoms with E-state index < -0.39 is 9.84 Å². The Bertz CT molecular complexity index is 1260. The lowest BCUT2D eigenvalue weighted by molar-refractivity contribution is 0.0912. The van der Waals surface area contributed by atoms with Crippen molar-refractivity contribution in [3.63, 3.8) is 0 Å². The Hall–Kier alpha value is -2.26. The van der Waals surface area contributed by atoms with Crippen LogP contribution in [-0.2, 0) is 9.84 Å². The second-order valence-corrected chi connectivity index (χ2v) is 12.3. The van der Waals surface area contributed by atoms with E-state index in [2.05, 4.69) is 17.3 Å². The van der Waals surface area contributed by atoms with Gasteiger partial charge in [-0.05, 0) is 49.6 Å². The third kappa shape index (κ3) is 3.96. The fourth-order valence-corrected chi connectivity index (χ4v) is 7.42. The molecule has 7 nitrogen and oxygen atoms in total. The molecule has 3 unspecified atom stereocenters. The van der Waals surface area contributed by atoms with E-state index >= 15 is 0 Å². The summed E-state index contributed by atoms with van der Waals surface area (Å²) < 4.78 is 26.0. The third-order valence-corrected chi connectivity index (χ3v) is 9.48. The molecular weight excluding hydrogens is 444 g/mol. The van der Waals surface area contributed by atoms with Crippen LogP contribution in [-0.4, -0.2) is 46.6 Å². The van der Waals surface area contributed by atoms with Crippen LogP contribution >= 0.6 is 11.3 Å². The minimum Gasteiger partial charge on any atom is -0.349 e. The highest BCUT2D eigenvalue weighted by Crippen LogP contribution is 2.33. The molecule has 9 heteroatoms. The molecule has 0 aromatic carbocycles. The molecule has 2 fully saturated rings. The summed E-state index contributed by atoms with van der Waals surface area (Å²) in [6.07, 6.45) is 4.99. The van der Waals surface area contributed by atoms with Gasteiger partial charge in [-0.25, -0.2) is 18.1 Å². The Morgan fingerprint density at radius 2 is 2.06 bits per heavy atom. The van der Waals surface area contributed by atoms with Gasteiger partial charge in [0.1, 0.15) is 0 Å². The van der Waals surface area contributed by atoms with Crippen LogP contribution in [0.3, 0.4) is 0 Å². The van der Waals surface area contributed by atoms with Gasteiger partial charge in [0.25, 0.3) is 5.91 Å². The zero-order valence-corrected chi connectivity index (χ0v) is 20.0. The summed E-state index contributed by atoms with van der Waals surface area (Å²) in [5.41, 5.74) is 2.59. The molecule has 1 aliphatic carbocycles. The quantitative estimate of drug-likeness (QED) is 0.616. The van der Waals surface area contributed by atoms with Crippen molar-refractivity contribution in [2.45, 2.75) is 58.0 Å². The van der Waals surface area contributed by atoms with Crippen LogP contribution in [0.25, 0.3) is 21.6 Å². The van der Waals surface area contributed by atoms with Crippen molar-refractivity contribution in [1.29, 1.82) is 0 Å². The standard InChI is InChI=1S/C23H28N4O3S2/c1-14-6-3-4-7-18(14)25-23(28)17-12-19(20-8-5-10-31-20)24-22-21(17)15(2)26-27(22)16-9-11-32(29,30)13-16/h5,8,10,12,14,16,18H,3-4,6-7,9,11,13H2,1-2H3,(H,25,28). The molecule has 0 radical (unpaired) electrons. The van der Waals surface area contributed by atoms with E-state index in [4.69, 9.17) is 4.98 Å². The summed E-state index contributed by atoms with van der Waals surface area (Å²) in [5.74, 6) is 0.579. The molecule has 1 saturated heterocycles. The minimum atomic E-state index is -3.07. The van der Waals surface area contributed by atoms with Crippen LogP contribution in [0.15, 0.2) is 23.6 Å². The van der Waals surface area contributed by atoms with Gasteiger partial charge in [0.2, 0.25) is 0 Å². The Morgan fingerprint density at radius 1 is 1.25 bits per heavy atom. The topological polar surface area (TPSA) is 93.9 Å². The number of aromatic nitrogens is 3. The average Bonchev–Trinajstić information content (AvgIpc) is 3.48. The highest BCUT2D eigenvalue weighted by atomic mass is 32.2. The van der Waals surface area contributed by atoms with Crippen LogP contribution < -0.4 is 5.32 Å². The number of thiophene rings is 1. The molecular formula is C23H28N4O3S2. The average molecular weight is 473 g/mol. The van der Waals surface area contributed by atoms with Crippen molar-refractivity contribution in [3.8, 4) is 10.6 Å². The smallest absolute Gasteiger partial charge is 0.252 e. The highest BCUT2D eigenvalue weighted by Gasteiger charge is 2.33. The fraction of sp³-hybridized carbons (Fsp3) is 0.522. The first kappa shape index (κ1) is 21.6. The number of fused-ring (bicyclic) bond motifs is 1. The lowest BCUT2D eigenvalue weighted by Gasteiger charge is -2.29. The molecule has 1 aliphatic heterocycles. The number of aryl methyl sites for hydroxylation is 1. The summed E-state index contributed by atoms with van der Waals surface area (Å²) >= 11 is 1.57. The number of hydrogen-bond donors (Lipinski definition) is 1. The van der Waals surface area contributed by atoms with Gasteiger partial charge < -0.3 is 5.32 Å². The number of nitrogens with one attached hydrogen (secondary N) is 1. The summed E-state index contributed by atoms with van der Waals surface area (Å²) in [6.45, 7) is 4.07. The Balaban J connectivity index is 1.62. The number of pyridine rings is 1. The summed E-state index contributed by atoms with van der Waals surface area (Å²) in [5, 5.41) is 10.7. The van der Waals surface area contributed by atoms with E-state index in [1.165, 1.54) is 6.42 Å². The van der Waals surface area contributed by atoms with E-state index in [1.54, 1.807) is 16.0 Å². The van der Waals surface area contributed by atoms with Crippen LogP contribution in [0.5, 0.6) is 0 Å². The SMILES string of the molecule is Cc1nn(C2CCS(=O)(=O)C2)c2nc(-c3cccs3)cc(C(=O)NC3CCCCC3C)c12. The van der Waals surface area contributed by atoms with Gasteiger partial charge in [-0.15, -0.1) is 11.3 Å². The van der Waals surface area contributed by atoms with E-state index in [1.807, 2.05) is 30.5 Å². The number of hydrogen-bond acceptors (Lipinski definition) is 6. The molecule has 32 heavy (non-hydrogen) atoms. The molecule has 1 saturated carbocycles. The fourth-order valence-electron chi connectivity index (χ4n) is 5.04. The molecule has 3 aromatic rings. The van der Waals surface area contributed by atoms with Crippen LogP contribution in [0.1, 0.15) is 61.1 Å². The second-order valence-electron chi connectivity index (χ2n) is 9.16. The van der Waals surface area contributed by atoms with Crippen molar-refractivity contribution >= 4 is 38.1 Å². The summed E-state index contributed by atoms with van der Waals surface area (Å²) in [6, 6.07) is 5.72. The first-order valence-corrected chi connectivity index (χ1v) is 14.0. The number of sulfone groups is 1. The molecule has 170 valence electrons. The van der Waals surface area contributed by atoms with Gasteiger partial charge in [0.05, 0.1) is 44.8 Å². The zero-order chi connectivity index (χ0) is 22.5. The van der Waals surface area contributed by atoms with Crippen molar-refractivity contribution in [2.24, 2.45) is 5.92 Å². The van der Waals surface area contributed by atoms with E-state index in [9.17, 15) is 13.2 Å². The van der Waals surface area contributed by atoms with Crippen LogP contribution in [0.2, 0.25) is 0 Å². The monoisotopic (exact) mass is 472 g/mol. The highest BCUT2D eigenvalue weighted by molar-refractivity contribution is 7.91. The number of rotatable bonds is 4. The maximum absolute atomic E-state index is 13.5. The van der Waals surface area contributed by atoms with Gasteiger partial charge in [-0.1, -0.05) is 25.8 Å². The van der Waals surface area contributed by atoms with Crippen molar-refractivity contribution in [1.82, 2.24) is 20.1 Å². The minimum absolute atomic E-state index is 0.0647. The first-order valence-electron chi connectivity index (χ1n) is 11.3. The lowest BCUT2D eigenvalue weighted by Crippen LogP contribution is -2.41. The van der Waals surface area contributed by atoms with E-state index in [0.29, 0.717) is 29.2 Å². The molecule has 0 spiro atoms. The normalized spacial score (nSPS) is 25.2. The predicted molar refractivity (Wildman–Crippen MR) is 127 cm³/mol.